The first-order valence-corrected chi connectivity index (χ1v) is 1.81. The molecule has 0 aromatic rings. The zero-order chi connectivity index (χ0) is 4.00. The Kier molecular flexibility index (Phi) is 67.7. The molecule has 4 heteroatoms. The summed E-state index contributed by atoms with van der Waals surface area (Å²) in [5.41, 5.74) is 0. The average molecular weight is 125 g/mol. The Balaban J connectivity index is 0. The molecule has 0 N–H and O–H groups in total. The summed E-state index contributed by atoms with van der Waals surface area (Å²) in [6, 6.07) is 0. The molecular weight excluding hydrogens is 125 g/mol. The summed E-state index contributed by atoms with van der Waals surface area (Å²) >= 11 is 1.19. The monoisotopic (exact) mass is 125 g/mol. The minimum atomic E-state index is 0.438. The fourth-order valence-corrected chi connectivity index (χ4v) is 0. The van der Waals surface area contributed by atoms with E-state index in [9.17, 15) is 0 Å². The third-order valence-electron chi connectivity index (χ3n) is 0. The average Bonchev–Trinajstić information content (AvgIpc) is 1.50. The van der Waals surface area contributed by atoms with Crippen molar-refractivity contribution < 1.29 is 51.0 Å². The molecule has 0 unspecified atom stereocenters. The molecule has 0 radical (unpaired) electrons. The van der Waals surface area contributed by atoms with Crippen LogP contribution in [0.3, 0.4) is 0 Å². The molecule has 0 aliphatic carbocycles. The fraction of sp³-hybridized carbons (Fsp3) is 0. The van der Waals surface area contributed by atoms with E-state index < -0.39 is 0 Å². The van der Waals surface area contributed by atoms with E-state index in [0.29, 0.717) is 24.4 Å². The fourth-order valence-electron chi connectivity index (χ4n) is 0. The van der Waals surface area contributed by atoms with Gasteiger partial charge in [-0.25, -0.2) is 0 Å². The molecule has 0 saturated heterocycles. The number of hydrogen-bond donors (Lipinski definition) is 0. The molecule has 19 valence electrons. The van der Waals surface area contributed by atoms with Crippen LogP contribution in [0.25, 0.3) is 0 Å². The maximum absolute atomic E-state index is 8.31. The molecule has 4 heavy (non-hydrogen) atoms. The Morgan fingerprint density at radius 3 is 1.25 bits per heavy atom. The molecule has 0 aromatic heterocycles. The van der Waals surface area contributed by atoms with Crippen LogP contribution in [0.5, 0.6) is 0 Å². The van der Waals surface area contributed by atoms with Crippen LogP contribution in [0.15, 0.2) is 0 Å². The summed E-state index contributed by atoms with van der Waals surface area (Å²) < 4.78 is 16.6. The van der Waals surface area contributed by atoms with E-state index >= 15 is 0 Å². The Labute approximate surface area is 50.7 Å². The Morgan fingerprint density at radius 1 is 1.25 bits per heavy atom. The van der Waals surface area contributed by atoms with Crippen molar-refractivity contribution in [3.8, 4) is 0 Å². The van der Waals surface area contributed by atoms with Gasteiger partial charge in [-0.2, -0.15) is 0 Å². The van der Waals surface area contributed by atoms with Crippen molar-refractivity contribution in [3.05, 3.63) is 0 Å². The SMILES string of the molecule is [O]=[Sc].[O]=[Ti]. The molecule has 2 nitrogen and oxygen atoms in total. The Morgan fingerprint density at radius 2 is 1.25 bits per heavy atom. The van der Waals surface area contributed by atoms with Gasteiger partial charge in [-0.1, -0.05) is 0 Å². The first kappa shape index (κ1) is 8.95. The predicted octanol–water partition coefficient (Wildman–Crippen LogP) is -0.243. The molecule has 0 atom stereocenters. The molecule has 0 rings (SSSR count). The van der Waals surface area contributed by atoms with Crippen LogP contribution in [0.1, 0.15) is 0 Å². The minimum absolute atomic E-state index is 0.438. The van der Waals surface area contributed by atoms with Crippen molar-refractivity contribution in [1.29, 1.82) is 0 Å². The van der Waals surface area contributed by atoms with Crippen LogP contribution < -0.4 is 0 Å². The quantitative estimate of drug-likeness (QED) is 0.418. The van der Waals surface area contributed by atoms with Gasteiger partial charge in [0, 0.05) is 0 Å². The van der Waals surface area contributed by atoms with Gasteiger partial charge in [-0.05, 0) is 0 Å². The van der Waals surface area contributed by atoms with E-state index in [2.05, 4.69) is 0 Å². The Hall–Kier alpha value is 1.18. The summed E-state index contributed by atoms with van der Waals surface area (Å²) in [7, 11) is 0. The molecule has 0 aromatic carbocycles. The van der Waals surface area contributed by atoms with Crippen LogP contribution >= 0.6 is 0 Å². The third kappa shape index (κ3) is 10.8. The molecule has 0 saturated carbocycles. The van der Waals surface area contributed by atoms with Crippen LogP contribution in [0.4, 0.5) is 0 Å². The van der Waals surface area contributed by atoms with Crippen molar-refractivity contribution in [2.24, 2.45) is 0 Å². The number of rotatable bonds is 0. The van der Waals surface area contributed by atoms with Crippen molar-refractivity contribution >= 4 is 0 Å². The van der Waals surface area contributed by atoms with Gasteiger partial charge in [0.1, 0.15) is 0 Å². The second-order valence-electron chi connectivity index (χ2n) is 0. The molecule has 0 spiro atoms. The maximum atomic E-state index is 8.31. The van der Waals surface area contributed by atoms with E-state index in [4.69, 9.17) is 6.18 Å². The molecule has 0 bridgehead atoms. The van der Waals surface area contributed by atoms with E-state index in [1.807, 2.05) is 0 Å². The van der Waals surface area contributed by atoms with E-state index in [1.54, 1.807) is 0 Å². The van der Waals surface area contributed by atoms with E-state index in [-0.39, 0.29) is 0 Å². The summed E-state index contributed by atoms with van der Waals surface area (Å²) in [5, 5.41) is 0. The van der Waals surface area contributed by atoms with Gasteiger partial charge in [0.05, 0.1) is 0 Å². The third-order valence-corrected chi connectivity index (χ3v) is 0. The van der Waals surface area contributed by atoms with Gasteiger partial charge in [0.15, 0.2) is 0 Å². The van der Waals surface area contributed by atoms with Crippen molar-refractivity contribution in [1.82, 2.24) is 0 Å². The van der Waals surface area contributed by atoms with Gasteiger partial charge in [0.2, 0.25) is 0 Å². The summed E-state index contributed by atoms with van der Waals surface area (Å²) in [6.07, 6.45) is 0. The second-order valence-corrected chi connectivity index (χ2v) is 0. The summed E-state index contributed by atoms with van der Waals surface area (Å²) in [5.74, 6) is 0. The molecule has 0 aliphatic heterocycles. The molecule has 0 amide bonds. The van der Waals surface area contributed by atoms with Crippen molar-refractivity contribution in [3.63, 3.8) is 0 Å². The molecule has 0 aliphatic rings. The van der Waals surface area contributed by atoms with Crippen molar-refractivity contribution in [2.75, 3.05) is 0 Å². The van der Waals surface area contributed by atoms with Gasteiger partial charge in [0.25, 0.3) is 0 Å². The standard InChI is InChI=1S/2O.Sc.Ti. The van der Waals surface area contributed by atoms with E-state index in [1.165, 1.54) is 0 Å². The van der Waals surface area contributed by atoms with E-state index in [0.717, 1.165) is 20.4 Å². The second kappa shape index (κ2) is 30.2. The molecule has 0 fully saturated rings. The van der Waals surface area contributed by atoms with Crippen molar-refractivity contribution in [2.45, 2.75) is 0 Å². The first-order chi connectivity index (χ1) is 2.00. The summed E-state index contributed by atoms with van der Waals surface area (Å²) in [6.45, 7) is 0. The zero-order valence-corrected chi connectivity index (χ0v) is 5.26. The topological polar surface area (TPSA) is 34.1 Å². The number of hydrogen-bond acceptors (Lipinski definition) is 2. The predicted molar refractivity (Wildman–Crippen MR) is 1.37 cm³/mol. The van der Waals surface area contributed by atoms with Crippen LogP contribution in [0, 0.1) is 0 Å². The normalized spacial score (nSPS) is 2.25. The van der Waals surface area contributed by atoms with Gasteiger partial charge in [-0.15, -0.1) is 0 Å². The first-order valence-electron chi connectivity index (χ1n) is 0.440. The zero-order valence-electron chi connectivity index (χ0n) is 1.89. The summed E-state index contributed by atoms with van der Waals surface area (Å²) in [4.78, 5) is 0. The Bertz CT molecular complexity index is 8.00. The van der Waals surface area contributed by atoms with Crippen LogP contribution in [-0.2, 0) is 51.0 Å². The van der Waals surface area contributed by atoms with Gasteiger partial charge >= 0.3 is 51.0 Å². The van der Waals surface area contributed by atoms with Crippen LogP contribution in [0.2, 0.25) is 0 Å². The van der Waals surface area contributed by atoms with Crippen LogP contribution in [-0.4, -0.2) is 0 Å². The van der Waals surface area contributed by atoms with Gasteiger partial charge < -0.3 is 0 Å². The molecular formula is O2ScTi. The van der Waals surface area contributed by atoms with Gasteiger partial charge in [-0.3, -0.25) is 0 Å². The molecule has 0 heterocycles.